The summed E-state index contributed by atoms with van der Waals surface area (Å²) in [6.45, 7) is 5.60. The first kappa shape index (κ1) is 10.8. The normalized spacial score (nSPS) is 26.5. The summed E-state index contributed by atoms with van der Waals surface area (Å²) in [4.78, 5) is 13.0. The fraction of sp³-hybridized carbons (Fsp3) is 0.889. The van der Waals surface area contributed by atoms with Crippen LogP contribution in [0.1, 0.15) is 13.8 Å². The Morgan fingerprint density at radius 1 is 1.69 bits per heavy atom. The molecule has 1 rings (SSSR count). The zero-order valence-corrected chi connectivity index (χ0v) is 8.84. The lowest BCUT2D eigenvalue weighted by Crippen LogP contribution is -2.30. The van der Waals surface area contributed by atoms with E-state index in [4.69, 9.17) is 16.7 Å². The van der Waals surface area contributed by atoms with E-state index in [-0.39, 0.29) is 29.7 Å². The van der Waals surface area contributed by atoms with Crippen LogP contribution < -0.4 is 0 Å². The number of hydrogen-bond acceptors (Lipinski definition) is 2. The molecule has 0 saturated carbocycles. The number of carbonyl (C=O) groups is 1. The maximum absolute atomic E-state index is 11.3. The van der Waals surface area contributed by atoms with E-state index in [9.17, 15) is 4.79 Å². The van der Waals surface area contributed by atoms with Crippen molar-refractivity contribution in [3.8, 4) is 0 Å². The molecule has 3 nitrogen and oxygen atoms in total. The van der Waals surface area contributed by atoms with Gasteiger partial charge in [0.15, 0.2) is 0 Å². The van der Waals surface area contributed by atoms with Crippen LogP contribution in [0.15, 0.2) is 0 Å². The van der Waals surface area contributed by atoms with Gasteiger partial charge in [0, 0.05) is 25.6 Å². The molecule has 0 bridgehead atoms. The van der Waals surface area contributed by atoms with Gasteiger partial charge in [-0.05, 0) is 5.41 Å². The summed E-state index contributed by atoms with van der Waals surface area (Å²) < 4.78 is 0. The van der Waals surface area contributed by atoms with Crippen LogP contribution in [0.5, 0.6) is 0 Å². The highest BCUT2D eigenvalue weighted by Gasteiger charge is 2.40. The van der Waals surface area contributed by atoms with Crippen molar-refractivity contribution < 1.29 is 9.90 Å². The van der Waals surface area contributed by atoms with E-state index >= 15 is 0 Å². The van der Waals surface area contributed by atoms with Crippen LogP contribution in [0.25, 0.3) is 0 Å². The number of rotatable bonds is 2. The minimum atomic E-state index is -0.0364. The van der Waals surface area contributed by atoms with Crippen LogP contribution in [-0.2, 0) is 4.79 Å². The molecule has 1 N–H and O–H groups in total. The number of amides is 1. The monoisotopic (exact) mass is 205 g/mol. The number of aliphatic hydroxyl groups excluding tert-OH is 1. The lowest BCUT2D eigenvalue weighted by Gasteiger charge is -2.23. The molecule has 1 amide bonds. The van der Waals surface area contributed by atoms with E-state index in [2.05, 4.69) is 13.8 Å². The van der Waals surface area contributed by atoms with Gasteiger partial charge in [-0.25, -0.2) is 0 Å². The van der Waals surface area contributed by atoms with Crippen LogP contribution in [0, 0.1) is 11.3 Å². The van der Waals surface area contributed by atoms with Gasteiger partial charge in [-0.1, -0.05) is 13.8 Å². The van der Waals surface area contributed by atoms with Crippen LogP contribution in [-0.4, -0.2) is 41.5 Å². The largest absolute Gasteiger partial charge is 0.396 e. The molecule has 0 unspecified atom stereocenters. The molecule has 1 saturated heterocycles. The first-order valence-electron chi connectivity index (χ1n) is 4.46. The van der Waals surface area contributed by atoms with Crippen molar-refractivity contribution >= 4 is 17.5 Å². The predicted molar refractivity (Wildman–Crippen MR) is 51.7 cm³/mol. The summed E-state index contributed by atoms with van der Waals surface area (Å²) in [5.41, 5.74) is 0.0104. The average molecular weight is 206 g/mol. The summed E-state index contributed by atoms with van der Waals surface area (Å²) in [7, 11) is 0. The standard InChI is InChI=1S/C9H16ClNO2/c1-9(2)6-11(8(13)3-10)4-7(9)5-12/h7,12H,3-6H2,1-2H3/t7-/m1/s1. The fourth-order valence-corrected chi connectivity index (χ4v) is 1.95. The highest BCUT2D eigenvalue weighted by atomic mass is 35.5. The number of halogens is 1. The van der Waals surface area contributed by atoms with Crippen LogP contribution in [0.3, 0.4) is 0 Å². The Balaban J connectivity index is 2.64. The zero-order valence-electron chi connectivity index (χ0n) is 8.09. The molecule has 0 aliphatic carbocycles. The average Bonchev–Trinajstić information content (AvgIpc) is 2.39. The second-order valence-electron chi connectivity index (χ2n) is 4.28. The lowest BCUT2D eigenvalue weighted by molar-refractivity contribution is -0.127. The molecule has 0 spiro atoms. The minimum absolute atomic E-state index is 0.0104. The Bertz CT molecular complexity index is 206. The number of hydrogen-bond donors (Lipinski definition) is 1. The molecule has 0 radical (unpaired) electrons. The molecular formula is C9H16ClNO2. The van der Waals surface area contributed by atoms with Crippen LogP contribution in [0.4, 0.5) is 0 Å². The molecule has 1 fully saturated rings. The Labute approximate surface area is 83.7 Å². The molecule has 1 aliphatic heterocycles. The van der Waals surface area contributed by atoms with Gasteiger partial charge < -0.3 is 10.0 Å². The molecule has 1 atom stereocenters. The van der Waals surface area contributed by atoms with Gasteiger partial charge in [-0.2, -0.15) is 0 Å². The van der Waals surface area contributed by atoms with Crippen molar-refractivity contribution in [2.45, 2.75) is 13.8 Å². The zero-order chi connectivity index (χ0) is 10.1. The molecule has 0 aromatic carbocycles. The summed E-state index contributed by atoms with van der Waals surface area (Å²) in [6, 6.07) is 0. The van der Waals surface area contributed by atoms with Crippen molar-refractivity contribution in [2.24, 2.45) is 11.3 Å². The van der Waals surface area contributed by atoms with Crippen molar-refractivity contribution in [3.05, 3.63) is 0 Å². The molecule has 1 heterocycles. The van der Waals surface area contributed by atoms with Gasteiger partial charge in [-0.15, -0.1) is 11.6 Å². The van der Waals surface area contributed by atoms with Crippen molar-refractivity contribution in [1.82, 2.24) is 4.90 Å². The summed E-state index contributed by atoms with van der Waals surface area (Å²) in [5, 5.41) is 9.10. The number of alkyl halides is 1. The van der Waals surface area contributed by atoms with Gasteiger partial charge >= 0.3 is 0 Å². The van der Waals surface area contributed by atoms with Gasteiger partial charge in [0.1, 0.15) is 5.88 Å². The topological polar surface area (TPSA) is 40.5 Å². The second-order valence-corrected chi connectivity index (χ2v) is 4.54. The smallest absolute Gasteiger partial charge is 0.237 e. The van der Waals surface area contributed by atoms with Gasteiger partial charge in [0.2, 0.25) is 5.91 Å². The summed E-state index contributed by atoms with van der Waals surface area (Å²) >= 11 is 5.46. The highest BCUT2D eigenvalue weighted by molar-refractivity contribution is 6.27. The minimum Gasteiger partial charge on any atom is -0.396 e. The number of likely N-dealkylation sites (tertiary alicyclic amines) is 1. The molecule has 13 heavy (non-hydrogen) atoms. The van der Waals surface area contributed by atoms with Crippen molar-refractivity contribution in [3.63, 3.8) is 0 Å². The van der Waals surface area contributed by atoms with Gasteiger partial charge in [0.25, 0.3) is 0 Å². The van der Waals surface area contributed by atoms with Gasteiger partial charge in [0.05, 0.1) is 0 Å². The molecule has 0 aromatic heterocycles. The maximum Gasteiger partial charge on any atom is 0.237 e. The van der Waals surface area contributed by atoms with Crippen molar-refractivity contribution in [1.29, 1.82) is 0 Å². The molecular weight excluding hydrogens is 190 g/mol. The third kappa shape index (κ3) is 2.15. The van der Waals surface area contributed by atoms with E-state index in [1.54, 1.807) is 4.90 Å². The van der Waals surface area contributed by atoms with Crippen LogP contribution >= 0.6 is 11.6 Å². The fourth-order valence-electron chi connectivity index (χ4n) is 1.78. The third-order valence-electron chi connectivity index (χ3n) is 2.83. The summed E-state index contributed by atoms with van der Waals surface area (Å²) in [5.74, 6) is 0.180. The van der Waals surface area contributed by atoms with Gasteiger partial charge in [-0.3, -0.25) is 4.79 Å². The predicted octanol–water partition coefficient (Wildman–Crippen LogP) is 0.702. The molecule has 0 aromatic rings. The Hall–Kier alpha value is -0.280. The van der Waals surface area contributed by atoms with Crippen LogP contribution in [0.2, 0.25) is 0 Å². The molecule has 4 heteroatoms. The van der Waals surface area contributed by atoms with E-state index in [1.165, 1.54) is 0 Å². The number of carbonyl (C=O) groups excluding carboxylic acids is 1. The SMILES string of the molecule is CC1(C)CN(C(=O)CCl)C[C@@H]1CO. The third-order valence-corrected chi connectivity index (χ3v) is 3.06. The quantitative estimate of drug-likeness (QED) is 0.675. The highest BCUT2D eigenvalue weighted by Crippen LogP contribution is 2.34. The van der Waals surface area contributed by atoms with E-state index in [1.807, 2.05) is 0 Å². The van der Waals surface area contributed by atoms with E-state index in [0.717, 1.165) is 0 Å². The molecule has 76 valence electrons. The second kappa shape index (κ2) is 3.84. The molecule has 1 aliphatic rings. The number of aliphatic hydroxyl groups is 1. The van der Waals surface area contributed by atoms with Crippen molar-refractivity contribution in [2.75, 3.05) is 25.6 Å². The summed E-state index contributed by atoms with van der Waals surface area (Å²) in [6.07, 6.45) is 0. The maximum atomic E-state index is 11.3. The number of nitrogens with zero attached hydrogens (tertiary/aromatic N) is 1. The Kier molecular flexibility index (Phi) is 3.19. The van der Waals surface area contributed by atoms with E-state index in [0.29, 0.717) is 13.1 Å². The lowest BCUT2D eigenvalue weighted by atomic mass is 9.83. The first-order valence-corrected chi connectivity index (χ1v) is 4.99. The Morgan fingerprint density at radius 2 is 2.31 bits per heavy atom. The Morgan fingerprint density at radius 3 is 2.69 bits per heavy atom. The van der Waals surface area contributed by atoms with E-state index < -0.39 is 0 Å². The first-order chi connectivity index (χ1) is 6.01.